The Morgan fingerprint density at radius 2 is 1.86 bits per heavy atom. The second-order valence-corrected chi connectivity index (χ2v) is 6.11. The van der Waals surface area contributed by atoms with E-state index >= 15 is 0 Å². The number of fused-ring (bicyclic) bond motifs is 1. The highest BCUT2D eigenvalue weighted by Crippen LogP contribution is 2.22. The van der Waals surface area contributed by atoms with Gasteiger partial charge in [-0.2, -0.15) is 0 Å². The largest absolute Gasteiger partial charge is 0.381 e. The molecule has 0 amide bonds. The number of pyridine rings is 1. The van der Waals surface area contributed by atoms with Gasteiger partial charge in [-0.15, -0.1) is 0 Å². The molecule has 0 aliphatic rings. The van der Waals surface area contributed by atoms with Crippen LogP contribution in [0.5, 0.6) is 0 Å². The van der Waals surface area contributed by atoms with E-state index in [1.165, 1.54) is 16.5 Å². The summed E-state index contributed by atoms with van der Waals surface area (Å²) in [6.45, 7) is 4.94. The zero-order valence-electron chi connectivity index (χ0n) is 12.2. The van der Waals surface area contributed by atoms with Crippen LogP contribution in [-0.4, -0.2) is 4.98 Å². The fraction of sp³-hybridized carbons (Fsp3) is 0.167. The van der Waals surface area contributed by atoms with E-state index in [4.69, 9.17) is 0 Å². The Balaban J connectivity index is 1.89. The first-order valence-corrected chi connectivity index (χ1v) is 7.78. The maximum atomic E-state index is 4.58. The molecule has 2 aromatic carbocycles. The third kappa shape index (κ3) is 3.08. The van der Waals surface area contributed by atoms with Crippen molar-refractivity contribution in [3.8, 4) is 0 Å². The Morgan fingerprint density at radius 1 is 1.05 bits per heavy atom. The number of halogens is 1. The molecule has 3 heteroatoms. The Hall–Kier alpha value is -1.87. The minimum absolute atomic E-state index is 0.797. The number of anilines is 1. The van der Waals surface area contributed by atoms with Gasteiger partial charge in [0, 0.05) is 27.8 Å². The molecule has 3 aromatic rings. The van der Waals surface area contributed by atoms with Crippen LogP contribution < -0.4 is 5.32 Å². The van der Waals surface area contributed by atoms with Crippen molar-refractivity contribution in [1.82, 2.24) is 4.98 Å². The van der Waals surface area contributed by atoms with Crippen molar-refractivity contribution in [3.63, 3.8) is 0 Å². The summed E-state index contributed by atoms with van der Waals surface area (Å²) in [4.78, 5) is 4.58. The average Bonchev–Trinajstić information content (AvgIpc) is 2.48. The quantitative estimate of drug-likeness (QED) is 0.706. The van der Waals surface area contributed by atoms with Gasteiger partial charge >= 0.3 is 0 Å². The molecule has 0 bridgehead atoms. The smallest absolute Gasteiger partial charge is 0.0708 e. The number of aryl methyl sites for hydroxylation is 2. The Morgan fingerprint density at radius 3 is 2.67 bits per heavy atom. The van der Waals surface area contributed by atoms with Crippen LogP contribution in [0.2, 0.25) is 0 Å². The molecule has 1 N–H and O–H groups in total. The maximum absolute atomic E-state index is 4.58. The van der Waals surface area contributed by atoms with Crippen molar-refractivity contribution in [3.05, 3.63) is 69.8 Å². The topological polar surface area (TPSA) is 24.9 Å². The SMILES string of the molecule is Cc1cc(CNc2ccc(Br)c(C)c2)c2ccccc2n1. The lowest BCUT2D eigenvalue weighted by atomic mass is 10.1. The van der Waals surface area contributed by atoms with Crippen molar-refractivity contribution in [1.29, 1.82) is 0 Å². The number of rotatable bonds is 3. The van der Waals surface area contributed by atoms with Crippen LogP contribution in [0.3, 0.4) is 0 Å². The second kappa shape index (κ2) is 5.86. The highest BCUT2D eigenvalue weighted by molar-refractivity contribution is 9.10. The molecule has 106 valence electrons. The Kier molecular flexibility index (Phi) is 3.93. The molecule has 1 heterocycles. The molecule has 0 atom stereocenters. The highest BCUT2D eigenvalue weighted by atomic mass is 79.9. The highest BCUT2D eigenvalue weighted by Gasteiger charge is 2.04. The molecule has 0 saturated heterocycles. The van der Waals surface area contributed by atoms with Crippen LogP contribution in [0, 0.1) is 13.8 Å². The van der Waals surface area contributed by atoms with Crippen LogP contribution in [0.25, 0.3) is 10.9 Å². The van der Waals surface area contributed by atoms with E-state index in [1.807, 2.05) is 13.0 Å². The summed E-state index contributed by atoms with van der Waals surface area (Å²) in [5.74, 6) is 0. The minimum atomic E-state index is 0.797. The minimum Gasteiger partial charge on any atom is -0.381 e. The van der Waals surface area contributed by atoms with Gasteiger partial charge in [0.25, 0.3) is 0 Å². The van der Waals surface area contributed by atoms with Gasteiger partial charge < -0.3 is 5.32 Å². The monoisotopic (exact) mass is 340 g/mol. The van der Waals surface area contributed by atoms with Crippen molar-refractivity contribution in [2.24, 2.45) is 0 Å². The number of nitrogens with one attached hydrogen (secondary N) is 1. The molecular formula is C18H17BrN2. The summed E-state index contributed by atoms with van der Waals surface area (Å²) < 4.78 is 1.14. The number of aromatic nitrogens is 1. The van der Waals surface area contributed by atoms with E-state index in [9.17, 15) is 0 Å². The molecule has 3 rings (SSSR count). The van der Waals surface area contributed by atoms with Gasteiger partial charge in [-0.3, -0.25) is 4.98 Å². The zero-order chi connectivity index (χ0) is 14.8. The normalized spacial score (nSPS) is 10.8. The van der Waals surface area contributed by atoms with Crippen LogP contribution in [0.4, 0.5) is 5.69 Å². The number of hydrogen-bond acceptors (Lipinski definition) is 2. The van der Waals surface area contributed by atoms with E-state index in [2.05, 4.69) is 75.6 Å². The molecule has 21 heavy (non-hydrogen) atoms. The standard InChI is InChI=1S/C18H17BrN2/c1-12-9-15(7-8-17(12)19)20-11-14-10-13(2)21-18-6-4-3-5-16(14)18/h3-10,20H,11H2,1-2H3. The molecular weight excluding hydrogens is 324 g/mol. The van der Waals surface area contributed by atoms with Gasteiger partial charge in [-0.25, -0.2) is 0 Å². The van der Waals surface area contributed by atoms with E-state index < -0.39 is 0 Å². The Bertz CT molecular complexity index is 796. The van der Waals surface area contributed by atoms with Gasteiger partial charge in [0.15, 0.2) is 0 Å². The molecule has 0 aliphatic heterocycles. The summed E-state index contributed by atoms with van der Waals surface area (Å²) in [6, 6.07) is 16.8. The number of nitrogens with zero attached hydrogens (tertiary/aromatic N) is 1. The van der Waals surface area contributed by atoms with E-state index in [0.717, 1.165) is 27.9 Å². The predicted octanol–water partition coefficient (Wildman–Crippen LogP) is 5.23. The Labute approximate surface area is 133 Å². The fourth-order valence-corrected chi connectivity index (χ4v) is 2.74. The number of hydrogen-bond donors (Lipinski definition) is 1. The van der Waals surface area contributed by atoms with Crippen LogP contribution >= 0.6 is 15.9 Å². The van der Waals surface area contributed by atoms with Crippen LogP contribution in [0.1, 0.15) is 16.8 Å². The molecule has 1 aromatic heterocycles. The van der Waals surface area contributed by atoms with E-state index in [1.54, 1.807) is 0 Å². The summed E-state index contributed by atoms with van der Waals surface area (Å²) in [7, 11) is 0. The lowest BCUT2D eigenvalue weighted by Crippen LogP contribution is -2.02. The van der Waals surface area contributed by atoms with Crippen LogP contribution in [-0.2, 0) is 6.54 Å². The van der Waals surface area contributed by atoms with E-state index in [-0.39, 0.29) is 0 Å². The molecule has 0 aliphatic carbocycles. The third-order valence-electron chi connectivity index (χ3n) is 3.57. The lowest BCUT2D eigenvalue weighted by molar-refractivity contribution is 1.13. The van der Waals surface area contributed by atoms with Gasteiger partial charge in [-0.05, 0) is 55.3 Å². The lowest BCUT2D eigenvalue weighted by Gasteiger charge is -2.11. The van der Waals surface area contributed by atoms with Crippen molar-refractivity contribution in [2.75, 3.05) is 5.32 Å². The van der Waals surface area contributed by atoms with Gasteiger partial charge in [0.1, 0.15) is 0 Å². The first-order valence-electron chi connectivity index (χ1n) is 6.99. The summed E-state index contributed by atoms with van der Waals surface area (Å²) in [5, 5.41) is 4.71. The van der Waals surface area contributed by atoms with Gasteiger partial charge in [0.2, 0.25) is 0 Å². The first kappa shape index (κ1) is 14.1. The molecule has 0 unspecified atom stereocenters. The molecule has 0 saturated carbocycles. The van der Waals surface area contributed by atoms with Crippen molar-refractivity contribution < 1.29 is 0 Å². The molecule has 0 spiro atoms. The molecule has 0 radical (unpaired) electrons. The zero-order valence-corrected chi connectivity index (χ0v) is 13.7. The summed E-state index contributed by atoms with van der Waals surface area (Å²) in [6.07, 6.45) is 0. The molecule has 2 nitrogen and oxygen atoms in total. The number of para-hydroxylation sites is 1. The third-order valence-corrected chi connectivity index (χ3v) is 4.46. The molecule has 0 fully saturated rings. The average molecular weight is 341 g/mol. The summed E-state index contributed by atoms with van der Waals surface area (Å²) in [5.41, 5.74) is 5.75. The van der Waals surface area contributed by atoms with Crippen molar-refractivity contribution >= 4 is 32.5 Å². The number of benzene rings is 2. The second-order valence-electron chi connectivity index (χ2n) is 5.26. The predicted molar refractivity (Wildman–Crippen MR) is 92.7 cm³/mol. The first-order chi connectivity index (χ1) is 10.1. The van der Waals surface area contributed by atoms with Gasteiger partial charge in [0.05, 0.1) is 5.52 Å². The van der Waals surface area contributed by atoms with Crippen molar-refractivity contribution in [2.45, 2.75) is 20.4 Å². The fourth-order valence-electron chi connectivity index (χ4n) is 2.49. The summed E-state index contributed by atoms with van der Waals surface area (Å²) >= 11 is 3.53. The van der Waals surface area contributed by atoms with Crippen LogP contribution in [0.15, 0.2) is 53.0 Å². The van der Waals surface area contributed by atoms with Gasteiger partial charge in [-0.1, -0.05) is 34.1 Å². The maximum Gasteiger partial charge on any atom is 0.0708 e. The van der Waals surface area contributed by atoms with E-state index in [0.29, 0.717) is 0 Å².